The molecular formula is C27H27N3O5S. The number of hydrogen-bond donors (Lipinski definition) is 2. The molecule has 4 aromatic rings. The van der Waals surface area contributed by atoms with Gasteiger partial charge in [-0.1, -0.05) is 11.8 Å². The number of aromatic amines is 1. The zero-order chi connectivity index (χ0) is 25.5. The summed E-state index contributed by atoms with van der Waals surface area (Å²) in [5.74, 6) is 3.37. The molecule has 1 aromatic heterocycles. The lowest BCUT2D eigenvalue weighted by atomic mass is 10.1. The summed E-state index contributed by atoms with van der Waals surface area (Å²) in [6.07, 6.45) is 0. The Hall–Kier alpha value is -4.11. The van der Waals surface area contributed by atoms with E-state index in [0.29, 0.717) is 28.0 Å². The van der Waals surface area contributed by atoms with Gasteiger partial charge in [-0.2, -0.15) is 0 Å². The third-order valence-corrected chi connectivity index (χ3v) is 6.40. The zero-order valence-electron chi connectivity index (χ0n) is 20.5. The first-order chi connectivity index (χ1) is 17.5. The van der Waals surface area contributed by atoms with Crippen LogP contribution in [0, 0.1) is 0 Å². The predicted molar refractivity (Wildman–Crippen MR) is 141 cm³/mol. The van der Waals surface area contributed by atoms with Crippen LogP contribution >= 0.6 is 11.8 Å². The topological polar surface area (TPSA) is 94.7 Å². The number of thioether (sulfide) groups is 1. The predicted octanol–water partition coefficient (Wildman–Crippen LogP) is 5.51. The van der Waals surface area contributed by atoms with Crippen molar-refractivity contribution in [2.45, 2.75) is 5.03 Å². The molecule has 4 rings (SSSR count). The van der Waals surface area contributed by atoms with Crippen LogP contribution in [0.5, 0.6) is 23.0 Å². The molecule has 0 atom stereocenters. The molecule has 36 heavy (non-hydrogen) atoms. The first-order valence-electron chi connectivity index (χ1n) is 11.1. The van der Waals surface area contributed by atoms with E-state index in [1.807, 2.05) is 48.5 Å². The molecule has 9 heteroatoms. The number of aromatic nitrogens is 2. The fourth-order valence-corrected chi connectivity index (χ4v) is 4.35. The summed E-state index contributed by atoms with van der Waals surface area (Å²) in [4.78, 5) is 21.0. The molecule has 0 saturated carbocycles. The summed E-state index contributed by atoms with van der Waals surface area (Å²) in [7, 11) is 6.38. The number of anilines is 1. The van der Waals surface area contributed by atoms with E-state index in [9.17, 15) is 4.79 Å². The molecule has 0 spiro atoms. The van der Waals surface area contributed by atoms with Crippen LogP contribution in [0.3, 0.4) is 0 Å². The van der Waals surface area contributed by atoms with Crippen molar-refractivity contribution in [3.05, 3.63) is 66.7 Å². The Balaban J connectivity index is 1.55. The molecule has 0 aliphatic rings. The molecule has 0 aliphatic heterocycles. The normalized spacial score (nSPS) is 10.6. The van der Waals surface area contributed by atoms with Gasteiger partial charge >= 0.3 is 0 Å². The van der Waals surface area contributed by atoms with Crippen LogP contribution in [0.2, 0.25) is 0 Å². The van der Waals surface area contributed by atoms with Crippen molar-refractivity contribution >= 4 is 23.4 Å². The van der Waals surface area contributed by atoms with E-state index in [-0.39, 0.29) is 11.7 Å². The Labute approximate surface area is 214 Å². The molecule has 0 bridgehead atoms. The number of hydrogen-bond acceptors (Lipinski definition) is 7. The van der Waals surface area contributed by atoms with E-state index < -0.39 is 0 Å². The molecule has 8 nitrogen and oxygen atoms in total. The van der Waals surface area contributed by atoms with Gasteiger partial charge in [-0.05, 0) is 60.7 Å². The monoisotopic (exact) mass is 505 g/mol. The van der Waals surface area contributed by atoms with Crippen molar-refractivity contribution in [3.63, 3.8) is 0 Å². The zero-order valence-corrected chi connectivity index (χ0v) is 21.3. The Morgan fingerprint density at radius 1 is 0.806 bits per heavy atom. The second kappa shape index (κ2) is 11.5. The maximum atomic E-state index is 12.7. The SMILES string of the molecule is COc1ccc(-c2nc(SCC(=O)Nc3ccc(OC)c(OC)c3)c(-c3ccc(OC)cc3)[nH]2)cc1. The number of ether oxygens (including phenoxy) is 4. The first-order valence-corrected chi connectivity index (χ1v) is 12.1. The minimum absolute atomic E-state index is 0.165. The summed E-state index contributed by atoms with van der Waals surface area (Å²) in [6.45, 7) is 0. The van der Waals surface area contributed by atoms with Crippen LogP contribution < -0.4 is 24.3 Å². The van der Waals surface area contributed by atoms with Gasteiger partial charge in [-0.3, -0.25) is 4.79 Å². The summed E-state index contributed by atoms with van der Waals surface area (Å²) < 4.78 is 21.1. The van der Waals surface area contributed by atoms with Crippen LogP contribution in [-0.4, -0.2) is 50.1 Å². The van der Waals surface area contributed by atoms with Crippen LogP contribution in [-0.2, 0) is 4.79 Å². The number of carbonyl (C=O) groups excluding carboxylic acids is 1. The minimum atomic E-state index is -0.165. The maximum Gasteiger partial charge on any atom is 0.234 e. The largest absolute Gasteiger partial charge is 0.497 e. The molecule has 1 amide bonds. The molecular weight excluding hydrogens is 478 g/mol. The fourth-order valence-electron chi connectivity index (χ4n) is 3.55. The van der Waals surface area contributed by atoms with Crippen LogP contribution in [0.15, 0.2) is 71.8 Å². The molecule has 3 aromatic carbocycles. The number of benzene rings is 3. The van der Waals surface area contributed by atoms with Gasteiger partial charge in [0.05, 0.1) is 39.9 Å². The number of nitrogens with zero attached hydrogens (tertiary/aromatic N) is 1. The van der Waals surface area contributed by atoms with Gasteiger partial charge in [0.1, 0.15) is 22.3 Å². The van der Waals surface area contributed by atoms with Crippen molar-refractivity contribution in [1.82, 2.24) is 9.97 Å². The smallest absolute Gasteiger partial charge is 0.234 e. The summed E-state index contributed by atoms with van der Waals surface area (Å²) >= 11 is 1.35. The molecule has 186 valence electrons. The molecule has 0 fully saturated rings. The van der Waals surface area contributed by atoms with E-state index in [2.05, 4.69) is 10.3 Å². The maximum absolute atomic E-state index is 12.7. The highest BCUT2D eigenvalue weighted by molar-refractivity contribution is 8.00. The van der Waals surface area contributed by atoms with Crippen molar-refractivity contribution in [1.29, 1.82) is 0 Å². The molecule has 0 radical (unpaired) electrons. The molecule has 1 heterocycles. The number of amides is 1. The lowest BCUT2D eigenvalue weighted by molar-refractivity contribution is -0.113. The van der Waals surface area contributed by atoms with Gasteiger partial charge in [-0.25, -0.2) is 4.98 Å². The lowest BCUT2D eigenvalue weighted by Gasteiger charge is -2.10. The van der Waals surface area contributed by atoms with Crippen molar-refractivity contribution < 1.29 is 23.7 Å². The quantitative estimate of drug-likeness (QED) is 0.275. The standard InChI is InChI=1S/C27H27N3O5S/c1-32-20-10-5-17(6-11-20)25-27(30-26(29-25)18-7-12-21(33-2)13-8-18)36-16-24(31)28-19-9-14-22(34-3)23(15-19)35-4/h5-15H,16H2,1-4H3,(H,28,31)(H,29,30). The molecule has 0 saturated heterocycles. The number of rotatable bonds is 10. The summed E-state index contributed by atoms with van der Waals surface area (Å²) in [5.41, 5.74) is 3.29. The van der Waals surface area contributed by atoms with Gasteiger partial charge in [-0.15, -0.1) is 0 Å². The van der Waals surface area contributed by atoms with Crippen LogP contribution in [0.25, 0.3) is 22.6 Å². The highest BCUT2D eigenvalue weighted by Crippen LogP contribution is 2.34. The van der Waals surface area contributed by atoms with E-state index in [1.165, 1.54) is 11.8 Å². The summed E-state index contributed by atoms with van der Waals surface area (Å²) in [6, 6.07) is 20.6. The fraction of sp³-hybridized carbons (Fsp3) is 0.185. The third kappa shape index (κ3) is 5.75. The molecule has 2 N–H and O–H groups in total. The number of nitrogens with one attached hydrogen (secondary N) is 2. The highest BCUT2D eigenvalue weighted by atomic mass is 32.2. The number of carbonyl (C=O) groups is 1. The highest BCUT2D eigenvalue weighted by Gasteiger charge is 2.16. The Morgan fingerprint density at radius 3 is 2.00 bits per heavy atom. The molecule has 0 aliphatic carbocycles. The second-order valence-electron chi connectivity index (χ2n) is 7.63. The van der Waals surface area contributed by atoms with Crippen molar-refractivity contribution in [2.75, 3.05) is 39.5 Å². The van der Waals surface area contributed by atoms with Crippen LogP contribution in [0.4, 0.5) is 5.69 Å². The Morgan fingerprint density at radius 2 is 1.42 bits per heavy atom. The van der Waals surface area contributed by atoms with Crippen molar-refractivity contribution in [2.24, 2.45) is 0 Å². The van der Waals surface area contributed by atoms with Gasteiger partial charge in [0.15, 0.2) is 11.5 Å². The van der Waals surface area contributed by atoms with Gasteiger partial charge in [0, 0.05) is 22.9 Å². The summed E-state index contributed by atoms with van der Waals surface area (Å²) in [5, 5.41) is 3.62. The number of imidazole rings is 1. The van der Waals surface area contributed by atoms with E-state index >= 15 is 0 Å². The van der Waals surface area contributed by atoms with Gasteiger partial charge < -0.3 is 29.2 Å². The average molecular weight is 506 g/mol. The third-order valence-electron chi connectivity index (χ3n) is 5.42. The number of methoxy groups -OCH3 is 4. The second-order valence-corrected chi connectivity index (χ2v) is 8.59. The average Bonchev–Trinajstić information content (AvgIpc) is 3.36. The van der Waals surface area contributed by atoms with E-state index in [4.69, 9.17) is 23.9 Å². The van der Waals surface area contributed by atoms with Gasteiger partial charge in [0.25, 0.3) is 0 Å². The number of H-pyrrole nitrogens is 1. The van der Waals surface area contributed by atoms with Crippen molar-refractivity contribution in [3.8, 4) is 45.6 Å². The van der Waals surface area contributed by atoms with Crippen LogP contribution in [0.1, 0.15) is 0 Å². The Bertz CT molecular complexity index is 1320. The minimum Gasteiger partial charge on any atom is -0.497 e. The van der Waals surface area contributed by atoms with Gasteiger partial charge in [0.2, 0.25) is 5.91 Å². The van der Waals surface area contributed by atoms with E-state index in [1.54, 1.807) is 46.6 Å². The van der Waals surface area contributed by atoms with E-state index in [0.717, 1.165) is 28.3 Å². The molecule has 0 unspecified atom stereocenters. The Kier molecular flexibility index (Phi) is 8.02. The lowest BCUT2D eigenvalue weighted by Crippen LogP contribution is -2.14. The first kappa shape index (κ1) is 25.0.